The number of hydrogen-bond acceptors (Lipinski definition) is 3. The molecule has 0 bridgehead atoms. The lowest BCUT2D eigenvalue weighted by molar-refractivity contribution is -0.423. The number of carbonyl (C=O) groups excluding carboxylic acids is 2. The number of Topliss-reactive ketones (excluding diaryl/α,β-unsaturated/α-hetero) is 1. The molecule has 13 heavy (non-hydrogen) atoms. The van der Waals surface area contributed by atoms with Crippen molar-refractivity contribution in [3.63, 3.8) is 0 Å². The van der Waals surface area contributed by atoms with Gasteiger partial charge in [-0.15, -0.1) is 0 Å². The van der Waals surface area contributed by atoms with Crippen molar-refractivity contribution in [2.24, 2.45) is 5.73 Å². The third kappa shape index (κ3) is 5.66. The topological polar surface area (TPSA) is 109 Å². The average molecular weight is 187 g/mol. The van der Waals surface area contributed by atoms with E-state index < -0.39 is 11.8 Å². The van der Waals surface area contributed by atoms with Crippen LogP contribution in [-0.2, 0) is 9.59 Å². The van der Waals surface area contributed by atoms with Gasteiger partial charge in [0.1, 0.15) is 5.97 Å². The molecular weight excluding hydrogens is 174 g/mol. The quantitative estimate of drug-likeness (QED) is 0.175. The van der Waals surface area contributed by atoms with E-state index in [1.54, 1.807) is 7.05 Å². The van der Waals surface area contributed by atoms with Gasteiger partial charge in [0.05, 0.1) is 13.6 Å². The average Bonchev–Trinajstić information content (AvgIpc) is 2.11. The van der Waals surface area contributed by atoms with Gasteiger partial charge in [-0.05, 0) is 6.42 Å². The van der Waals surface area contributed by atoms with Crippen LogP contribution < -0.4 is 21.1 Å². The Morgan fingerprint density at radius 2 is 2.15 bits per heavy atom. The predicted molar refractivity (Wildman–Crippen MR) is 43.3 cm³/mol. The van der Waals surface area contributed by atoms with Gasteiger partial charge in [-0.1, -0.05) is 0 Å². The lowest BCUT2D eigenvalue weighted by atomic mass is 10.2. The number of ketones is 1. The molecule has 0 radical (unpaired) electrons. The zero-order chi connectivity index (χ0) is 10.3. The zero-order valence-electron chi connectivity index (χ0n) is 7.42. The zero-order valence-corrected chi connectivity index (χ0v) is 7.42. The van der Waals surface area contributed by atoms with E-state index in [1.807, 2.05) is 0 Å². The number of carbonyl (C=O) groups is 2. The van der Waals surface area contributed by atoms with Crippen LogP contribution in [0.25, 0.3) is 0 Å². The lowest BCUT2D eigenvalue weighted by Crippen LogP contribution is -2.74. The summed E-state index contributed by atoms with van der Waals surface area (Å²) < 4.78 is 0. The summed E-state index contributed by atoms with van der Waals surface area (Å²) in [6.45, 7) is 0.450. The maximum atomic E-state index is 10.5. The van der Waals surface area contributed by atoms with Crippen LogP contribution in [0, 0.1) is 0 Å². The van der Waals surface area contributed by atoms with Crippen LogP contribution in [0.5, 0.6) is 0 Å². The number of rotatable bonds is 5. The van der Waals surface area contributed by atoms with Gasteiger partial charge in [0.25, 0.3) is 0 Å². The first kappa shape index (κ1) is 11.4. The molecule has 0 aliphatic rings. The molecule has 6 nitrogen and oxygen atoms in total. The normalized spacial score (nSPS) is 11.0. The van der Waals surface area contributed by atoms with Gasteiger partial charge in [-0.2, -0.15) is 0 Å². The molecule has 0 saturated carbocycles. The van der Waals surface area contributed by atoms with Gasteiger partial charge in [-0.3, -0.25) is 20.8 Å². The van der Waals surface area contributed by atoms with Crippen molar-refractivity contribution < 1.29 is 19.7 Å². The molecule has 6 heteroatoms. The monoisotopic (exact) mass is 187 g/mol. The molecule has 0 fully saturated rings. The Labute approximate surface area is 75.8 Å². The van der Waals surface area contributed by atoms with E-state index in [0.29, 0.717) is 18.9 Å². The molecule has 0 aliphatic heterocycles. The van der Waals surface area contributed by atoms with E-state index in [9.17, 15) is 14.7 Å². The Kier molecular flexibility index (Phi) is 5.25. The SMILES string of the molecule is C[NH+]=C(N)NCCCC(=O)C(=O)[O-]. The molecule has 0 saturated heterocycles. The van der Waals surface area contributed by atoms with Gasteiger partial charge < -0.3 is 9.90 Å². The molecule has 0 aromatic heterocycles. The Morgan fingerprint density at radius 3 is 2.62 bits per heavy atom. The highest BCUT2D eigenvalue weighted by atomic mass is 16.4. The van der Waals surface area contributed by atoms with Gasteiger partial charge in [0.15, 0.2) is 5.78 Å². The number of nitrogens with two attached hydrogens (primary N) is 1. The molecule has 0 aromatic carbocycles. The van der Waals surface area contributed by atoms with Crippen molar-refractivity contribution in [2.45, 2.75) is 12.8 Å². The summed E-state index contributed by atoms with van der Waals surface area (Å²) in [5, 5.41) is 12.7. The summed E-state index contributed by atoms with van der Waals surface area (Å²) in [4.78, 5) is 23.1. The highest BCUT2D eigenvalue weighted by Crippen LogP contribution is 1.87. The molecule has 0 amide bonds. The molecule has 74 valence electrons. The van der Waals surface area contributed by atoms with Crippen molar-refractivity contribution >= 4 is 17.7 Å². The first-order valence-electron chi connectivity index (χ1n) is 3.86. The van der Waals surface area contributed by atoms with Crippen LogP contribution in [0.15, 0.2) is 0 Å². The van der Waals surface area contributed by atoms with Crippen molar-refractivity contribution in [2.75, 3.05) is 13.6 Å². The van der Waals surface area contributed by atoms with Gasteiger partial charge in [0, 0.05) is 6.42 Å². The highest BCUT2D eigenvalue weighted by molar-refractivity contribution is 6.31. The second kappa shape index (κ2) is 5.99. The van der Waals surface area contributed by atoms with E-state index in [0.717, 1.165) is 0 Å². The maximum absolute atomic E-state index is 10.5. The minimum Gasteiger partial charge on any atom is -0.542 e. The second-order valence-electron chi connectivity index (χ2n) is 2.40. The molecule has 0 spiro atoms. The number of hydrogen-bond donors (Lipinski definition) is 3. The van der Waals surface area contributed by atoms with E-state index in [2.05, 4.69) is 10.3 Å². The third-order valence-corrected chi connectivity index (χ3v) is 1.39. The Bertz CT molecular complexity index is 225. The number of guanidine groups is 1. The van der Waals surface area contributed by atoms with Gasteiger partial charge in [0.2, 0.25) is 0 Å². The van der Waals surface area contributed by atoms with Crippen molar-refractivity contribution in [3.8, 4) is 0 Å². The highest BCUT2D eigenvalue weighted by Gasteiger charge is 2.03. The van der Waals surface area contributed by atoms with Crippen LogP contribution in [0.2, 0.25) is 0 Å². The van der Waals surface area contributed by atoms with Crippen LogP contribution in [0.1, 0.15) is 12.8 Å². The van der Waals surface area contributed by atoms with Gasteiger partial charge in [-0.25, -0.2) is 0 Å². The van der Waals surface area contributed by atoms with Crippen LogP contribution in [0.3, 0.4) is 0 Å². The van der Waals surface area contributed by atoms with E-state index >= 15 is 0 Å². The summed E-state index contributed by atoms with van der Waals surface area (Å²) >= 11 is 0. The number of carboxylic acid groups (broad SMARTS) is 1. The molecule has 0 aromatic rings. The van der Waals surface area contributed by atoms with Gasteiger partial charge >= 0.3 is 5.96 Å². The number of nitrogens with one attached hydrogen (secondary N) is 2. The standard InChI is InChI=1S/C7H13N3O3/c1-9-7(8)10-4-2-3-5(11)6(12)13/h2-4H2,1H3,(H,12,13)(H3,8,9,10). The fourth-order valence-electron chi connectivity index (χ4n) is 0.662. The fraction of sp³-hybridized carbons (Fsp3) is 0.571. The van der Waals surface area contributed by atoms with Crippen molar-refractivity contribution in [1.82, 2.24) is 5.32 Å². The smallest absolute Gasteiger partial charge is 0.340 e. The number of aliphatic carboxylic acids is 1. The summed E-state index contributed by atoms with van der Waals surface area (Å²) in [5.74, 6) is -2.13. The maximum Gasteiger partial charge on any atom is 0.340 e. The van der Waals surface area contributed by atoms with Crippen molar-refractivity contribution in [1.29, 1.82) is 0 Å². The molecule has 0 heterocycles. The number of carboxylic acids is 1. The predicted octanol–water partition coefficient (Wildman–Crippen LogP) is -4.30. The van der Waals surface area contributed by atoms with E-state index in [4.69, 9.17) is 5.73 Å². The van der Waals surface area contributed by atoms with E-state index in [1.165, 1.54) is 0 Å². The third-order valence-electron chi connectivity index (χ3n) is 1.39. The summed E-state index contributed by atoms with van der Waals surface area (Å²) in [6, 6.07) is 0. The first-order valence-corrected chi connectivity index (χ1v) is 3.86. The fourth-order valence-corrected chi connectivity index (χ4v) is 0.662. The summed E-state index contributed by atoms with van der Waals surface area (Å²) in [5.41, 5.74) is 5.33. The van der Waals surface area contributed by atoms with Crippen LogP contribution in [0.4, 0.5) is 0 Å². The molecule has 4 N–H and O–H groups in total. The minimum atomic E-state index is -1.63. The van der Waals surface area contributed by atoms with Crippen LogP contribution >= 0.6 is 0 Å². The molecule has 0 aliphatic carbocycles. The van der Waals surface area contributed by atoms with E-state index in [-0.39, 0.29) is 6.42 Å². The van der Waals surface area contributed by atoms with Crippen molar-refractivity contribution in [3.05, 3.63) is 0 Å². The Balaban J connectivity index is 3.47. The first-order chi connectivity index (χ1) is 6.07. The molecule has 0 atom stereocenters. The van der Waals surface area contributed by atoms with Crippen LogP contribution in [-0.4, -0.2) is 31.3 Å². The molecule has 0 rings (SSSR count). The molecule has 0 unspecified atom stereocenters. The molecular formula is C7H13N3O3. The lowest BCUT2D eigenvalue weighted by Gasteiger charge is -2.00. The minimum absolute atomic E-state index is 0.0354. The second-order valence-corrected chi connectivity index (χ2v) is 2.40. The Morgan fingerprint density at radius 1 is 1.54 bits per heavy atom. The summed E-state index contributed by atoms with van der Waals surface area (Å²) in [6.07, 6.45) is 0.377. The summed E-state index contributed by atoms with van der Waals surface area (Å²) in [7, 11) is 1.65. The largest absolute Gasteiger partial charge is 0.542 e. The Hall–Kier alpha value is -1.59.